The van der Waals surface area contributed by atoms with E-state index >= 15 is 0 Å². The summed E-state index contributed by atoms with van der Waals surface area (Å²) in [6, 6.07) is 14.9. The molecule has 0 saturated carbocycles. The van der Waals surface area contributed by atoms with Crippen molar-refractivity contribution in [3.63, 3.8) is 0 Å². The molecule has 0 unspecified atom stereocenters. The van der Waals surface area contributed by atoms with Crippen molar-refractivity contribution >= 4 is 43.9 Å². The van der Waals surface area contributed by atoms with Crippen LogP contribution in [0.15, 0.2) is 83.5 Å². The van der Waals surface area contributed by atoms with Crippen molar-refractivity contribution in [1.29, 1.82) is 0 Å². The molecular formula is C23H18N6O4S2. The van der Waals surface area contributed by atoms with E-state index in [9.17, 15) is 13.2 Å². The fraction of sp³-hybridized carbons (Fsp3) is 0.0435. The Kier molecular flexibility index (Phi) is 5.89. The molecule has 3 heterocycles. The first-order chi connectivity index (χ1) is 16.9. The average molecular weight is 507 g/mol. The highest BCUT2D eigenvalue weighted by Gasteiger charge is 2.18. The van der Waals surface area contributed by atoms with Crippen LogP contribution in [0.25, 0.3) is 16.2 Å². The van der Waals surface area contributed by atoms with Crippen LogP contribution in [-0.2, 0) is 10.0 Å². The van der Waals surface area contributed by atoms with Gasteiger partial charge in [-0.25, -0.2) is 28.1 Å². The SMILES string of the molecule is COc1ccc(-c2cn3c(C(=O)Nc4ccc(S(=O)(=O)Nc5ncccn5)cc4)csc3n2)cc1. The van der Waals surface area contributed by atoms with E-state index in [-0.39, 0.29) is 16.8 Å². The van der Waals surface area contributed by atoms with Crippen LogP contribution in [0.3, 0.4) is 0 Å². The summed E-state index contributed by atoms with van der Waals surface area (Å²) in [4.78, 5) is 25.9. The van der Waals surface area contributed by atoms with Gasteiger partial charge in [0, 0.05) is 35.2 Å². The van der Waals surface area contributed by atoms with E-state index in [0.29, 0.717) is 16.3 Å². The summed E-state index contributed by atoms with van der Waals surface area (Å²) in [5.41, 5.74) is 2.49. The van der Waals surface area contributed by atoms with E-state index in [0.717, 1.165) is 17.0 Å². The van der Waals surface area contributed by atoms with Crippen molar-refractivity contribution in [2.75, 3.05) is 17.1 Å². The van der Waals surface area contributed by atoms with Crippen molar-refractivity contribution in [3.05, 3.63) is 84.3 Å². The van der Waals surface area contributed by atoms with E-state index in [2.05, 4.69) is 25.0 Å². The first-order valence-corrected chi connectivity index (χ1v) is 12.6. The number of ether oxygens (including phenoxy) is 1. The third-order valence-electron chi connectivity index (χ3n) is 5.04. The number of benzene rings is 2. The summed E-state index contributed by atoms with van der Waals surface area (Å²) in [6.45, 7) is 0. The Morgan fingerprint density at radius 2 is 1.74 bits per heavy atom. The van der Waals surface area contributed by atoms with E-state index in [1.54, 1.807) is 29.2 Å². The van der Waals surface area contributed by atoms with Crippen LogP contribution >= 0.6 is 11.3 Å². The third-order valence-corrected chi connectivity index (χ3v) is 7.23. The zero-order valence-corrected chi connectivity index (χ0v) is 19.9. The maximum absolute atomic E-state index is 12.9. The molecule has 1 amide bonds. The Labute approximate surface area is 204 Å². The minimum Gasteiger partial charge on any atom is -0.497 e. The second-order valence-corrected chi connectivity index (χ2v) is 9.80. The number of methoxy groups -OCH3 is 1. The van der Waals surface area contributed by atoms with E-state index in [1.807, 2.05) is 24.3 Å². The fourth-order valence-corrected chi connectivity index (χ4v) is 5.10. The van der Waals surface area contributed by atoms with Crippen molar-refractivity contribution in [1.82, 2.24) is 19.4 Å². The van der Waals surface area contributed by atoms with Gasteiger partial charge < -0.3 is 10.1 Å². The molecule has 10 nitrogen and oxygen atoms in total. The molecule has 2 aromatic carbocycles. The minimum absolute atomic E-state index is 0.0135. The number of nitrogens with one attached hydrogen (secondary N) is 2. The van der Waals surface area contributed by atoms with Crippen LogP contribution in [-0.4, -0.2) is 40.8 Å². The van der Waals surface area contributed by atoms with Gasteiger partial charge in [-0.2, -0.15) is 0 Å². The number of amides is 1. The standard InChI is InChI=1S/C23H18N6O4S2/c1-33-17-7-3-15(4-8-17)19-13-29-20(14-34-23(29)27-19)21(30)26-16-5-9-18(10-6-16)35(31,32)28-22-24-11-2-12-25-22/h2-14H,1H3,(H,26,30)(H,24,25,28). The predicted octanol–water partition coefficient (Wildman–Crippen LogP) is 3.91. The van der Waals surface area contributed by atoms with Gasteiger partial charge in [0.2, 0.25) is 5.95 Å². The number of carbonyl (C=O) groups is 1. The van der Waals surface area contributed by atoms with Gasteiger partial charge in [0.1, 0.15) is 11.4 Å². The van der Waals surface area contributed by atoms with Gasteiger partial charge in [0.15, 0.2) is 4.96 Å². The largest absolute Gasteiger partial charge is 0.497 e. The maximum atomic E-state index is 12.9. The van der Waals surface area contributed by atoms with Crippen LogP contribution in [0.2, 0.25) is 0 Å². The van der Waals surface area contributed by atoms with Crippen molar-refractivity contribution in [2.45, 2.75) is 4.90 Å². The lowest BCUT2D eigenvalue weighted by molar-refractivity contribution is 0.102. The van der Waals surface area contributed by atoms with Gasteiger partial charge in [0.05, 0.1) is 17.7 Å². The van der Waals surface area contributed by atoms with Gasteiger partial charge in [-0.05, 0) is 54.6 Å². The smallest absolute Gasteiger partial charge is 0.273 e. The molecule has 2 N–H and O–H groups in total. The Morgan fingerprint density at radius 3 is 2.43 bits per heavy atom. The molecule has 0 atom stereocenters. The third kappa shape index (κ3) is 4.69. The number of hydrogen-bond donors (Lipinski definition) is 2. The molecule has 0 spiro atoms. The Balaban J connectivity index is 1.32. The first kappa shape index (κ1) is 22.5. The molecule has 0 radical (unpaired) electrons. The normalized spacial score (nSPS) is 11.3. The van der Waals surface area contributed by atoms with Crippen LogP contribution in [0.1, 0.15) is 10.5 Å². The second kappa shape index (κ2) is 9.16. The molecular weight excluding hydrogens is 488 g/mol. The van der Waals surface area contributed by atoms with Gasteiger partial charge in [-0.15, -0.1) is 11.3 Å². The van der Waals surface area contributed by atoms with Crippen LogP contribution in [0.4, 0.5) is 11.6 Å². The highest BCUT2D eigenvalue weighted by Crippen LogP contribution is 2.26. The second-order valence-electron chi connectivity index (χ2n) is 7.28. The van der Waals surface area contributed by atoms with E-state index < -0.39 is 10.0 Å². The molecule has 5 aromatic rings. The molecule has 0 aliphatic heterocycles. The number of hydrogen-bond acceptors (Lipinski definition) is 8. The number of rotatable bonds is 7. The Hall–Kier alpha value is -4.29. The number of imidazole rings is 1. The predicted molar refractivity (Wildman–Crippen MR) is 132 cm³/mol. The summed E-state index contributed by atoms with van der Waals surface area (Å²) < 4.78 is 34.3. The summed E-state index contributed by atoms with van der Waals surface area (Å²) in [5.74, 6) is 0.375. The maximum Gasteiger partial charge on any atom is 0.273 e. The van der Waals surface area contributed by atoms with Crippen LogP contribution < -0.4 is 14.8 Å². The number of thiazole rings is 1. The summed E-state index contributed by atoms with van der Waals surface area (Å²) in [5, 5.41) is 4.51. The number of carbonyl (C=O) groups excluding carboxylic acids is 1. The summed E-state index contributed by atoms with van der Waals surface area (Å²) in [7, 11) is -2.26. The number of fused-ring (bicyclic) bond motifs is 1. The zero-order chi connectivity index (χ0) is 24.4. The molecule has 0 bridgehead atoms. The quantitative estimate of drug-likeness (QED) is 0.342. The molecule has 35 heavy (non-hydrogen) atoms. The monoisotopic (exact) mass is 506 g/mol. The average Bonchev–Trinajstić information content (AvgIpc) is 3.46. The molecule has 0 aliphatic carbocycles. The van der Waals surface area contributed by atoms with Gasteiger partial charge >= 0.3 is 0 Å². The first-order valence-electron chi connectivity index (χ1n) is 10.3. The number of anilines is 2. The number of nitrogens with zero attached hydrogens (tertiary/aromatic N) is 4. The highest BCUT2D eigenvalue weighted by molar-refractivity contribution is 7.92. The topological polar surface area (TPSA) is 128 Å². The van der Waals surface area contributed by atoms with Gasteiger partial charge in [-0.3, -0.25) is 9.20 Å². The lowest BCUT2D eigenvalue weighted by atomic mass is 10.2. The molecule has 0 fully saturated rings. The number of sulfonamides is 1. The Morgan fingerprint density at radius 1 is 1.03 bits per heavy atom. The minimum atomic E-state index is -3.86. The molecule has 12 heteroatoms. The summed E-state index contributed by atoms with van der Waals surface area (Å²) in [6.07, 6.45) is 4.67. The van der Waals surface area contributed by atoms with Gasteiger partial charge in [-0.1, -0.05) is 0 Å². The van der Waals surface area contributed by atoms with Crippen molar-refractivity contribution < 1.29 is 17.9 Å². The number of aromatic nitrogens is 4. The Bertz CT molecular complexity index is 1600. The van der Waals surface area contributed by atoms with Crippen molar-refractivity contribution in [3.8, 4) is 17.0 Å². The van der Waals surface area contributed by atoms with Gasteiger partial charge in [0.25, 0.3) is 15.9 Å². The fourth-order valence-electron chi connectivity index (χ4n) is 3.29. The van der Waals surface area contributed by atoms with E-state index in [4.69, 9.17) is 4.74 Å². The molecule has 0 saturated heterocycles. The molecule has 5 rings (SSSR count). The molecule has 176 valence electrons. The zero-order valence-electron chi connectivity index (χ0n) is 18.2. The highest BCUT2D eigenvalue weighted by atomic mass is 32.2. The van der Waals surface area contributed by atoms with Crippen LogP contribution in [0, 0.1) is 0 Å². The molecule has 0 aliphatic rings. The molecule has 3 aromatic heterocycles. The van der Waals surface area contributed by atoms with Crippen molar-refractivity contribution in [2.24, 2.45) is 0 Å². The lowest BCUT2D eigenvalue weighted by Gasteiger charge is -2.08. The van der Waals surface area contributed by atoms with E-state index in [1.165, 1.54) is 48.0 Å². The lowest BCUT2D eigenvalue weighted by Crippen LogP contribution is -2.16. The van der Waals surface area contributed by atoms with Crippen LogP contribution in [0.5, 0.6) is 5.75 Å². The summed E-state index contributed by atoms with van der Waals surface area (Å²) >= 11 is 1.35.